The maximum absolute atomic E-state index is 5.29. The normalized spacial score (nSPS) is 20.4. The summed E-state index contributed by atoms with van der Waals surface area (Å²) in [5.74, 6) is 1.44. The first-order valence-corrected chi connectivity index (χ1v) is 6.27. The van der Waals surface area contributed by atoms with E-state index < -0.39 is 0 Å². The van der Waals surface area contributed by atoms with Gasteiger partial charge in [-0.15, -0.1) is 0 Å². The number of aryl methyl sites for hydroxylation is 1. The third-order valence-electron chi connectivity index (χ3n) is 3.28. The molecule has 1 aliphatic rings. The predicted octanol–water partition coefficient (Wildman–Crippen LogP) is 2.11. The van der Waals surface area contributed by atoms with Crippen LogP contribution in [0.3, 0.4) is 0 Å². The van der Waals surface area contributed by atoms with Crippen molar-refractivity contribution in [3.63, 3.8) is 0 Å². The van der Waals surface area contributed by atoms with Crippen molar-refractivity contribution in [2.45, 2.75) is 32.4 Å². The molecule has 1 saturated heterocycles. The molecule has 2 aromatic heterocycles. The minimum Gasteiger partial charge on any atom is -0.338 e. The maximum Gasteiger partial charge on any atom is 0.243 e. The second kappa shape index (κ2) is 4.86. The van der Waals surface area contributed by atoms with Crippen molar-refractivity contribution in [3.05, 3.63) is 41.8 Å². The zero-order valence-corrected chi connectivity index (χ0v) is 10.4. The van der Waals surface area contributed by atoms with Crippen LogP contribution in [0.25, 0.3) is 0 Å². The Balaban J connectivity index is 1.75. The summed E-state index contributed by atoms with van der Waals surface area (Å²) in [6.45, 7) is 3.75. The summed E-state index contributed by atoms with van der Waals surface area (Å²) in [5, 5.41) is 3.87. The second-order valence-corrected chi connectivity index (χ2v) is 4.63. The van der Waals surface area contributed by atoms with Crippen LogP contribution in [-0.4, -0.2) is 26.6 Å². The largest absolute Gasteiger partial charge is 0.338 e. The number of rotatable bonds is 3. The molecule has 0 N–H and O–H groups in total. The van der Waals surface area contributed by atoms with Crippen molar-refractivity contribution in [1.29, 1.82) is 0 Å². The van der Waals surface area contributed by atoms with Gasteiger partial charge in [0.25, 0.3) is 0 Å². The Morgan fingerprint density at radius 2 is 2.39 bits per heavy atom. The SMILES string of the molecule is Cc1noc([C@@H]2CCCN2Cc2ccccn2)n1. The van der Waals surface area contributed by atoms with Gasteiger partial charge in [0.2, 0.25) is 5.89 Å². The van der Waals surface area contributed by atoms with E-state index >= 15 is 0 Å². The molecule has 1 atom stereocenters. The lowest BCUT2D eigenvalue weighted by Gasteiger charge is -2.20. The van der Waals surface area contributed by atoms with E-state index in [9.17, 15) is 0 Å². The van der Waals surface area contributed by atoms with Gasteiger partial charge in [-0.25, -0.2) is 0 Å². The van der Waals surface area contributed by atoms with Crippen molar-refractivity contribution < 1.29 is 4.52 Å². The van der Waals surface area contributed by atoms with E-state index in [0.717, 1.165) is 31.1 Å². The van der Waals surface area contributed by atoms with Crippen molar-refractivity contribution in [1.82, 2.24) is 20.0 Å². The molecule has 5 nitrogen and oxygen atoms in total. The predicted molar refractivity (Wildman–Crippen MR) is 65.7 cm³/mol. The molecule has 3 rings (SSSR count). The Bertz CT molecular complexity index is 511. The zero-order valence-electron chi connectivity index (χ0n) is 10.4. The molecule has 0 bridgehead atoms. The van der Waals surface area contributed by atoms with Crippen LogP contribution in [0.2, 0.25) is 0 Å². The number of pyridine rings is 1. The van der Waals surface area contributed by atoms with E-state index in [0.29, 0.717) is 5.82 Å². The molecule has 0 radical (unpaired) electrons. The Labute approximate surface area is 106 Å². The molecule has 0 saturated carbocycles. The van der Waals surface area contributed by atoms with Crippen LogP contribution >= 0.6 is 0 Å². The molecule has 0 spiro atoms. The summed E-state index contributed by atoms with van der Waals surface area (Å²) < 4.78 is 5.29. The van der Waals surface area contributed by atoms with Crippen LogP contribution in [0.15, 0.2) is 28.9 Å². The highest BCUT2D eigenvalue weighted by atomic mass is 16.5. The van der Waals surface area contributed by atoms with Crippen LogP contribution in [0.4, 0.5) is 0 Å². The van der Waals surface area contributed by atoms with E-state index in [1.165, 1.54) is 6.42 Å². The van der Waals surface area contributed by atoms with E-state index in [4.69, 9.17) is 4.52 Å². The molecule has 0 amide bonds. The van der Waals surface area contributed by atoms with Crippen molar-refractivity contribution in [2.75, 3.05) is 6.54 Å². The Kier molecular flexibility index (Phi) is 3.06. The fourth-order valence-corrected chi connectivity index (χ4v) is 2.44. The number of hydrogen-bond donors (Lipinski definition) is 0. The van der Waals surface area contributed by atoms with E-state index in [1.807, 2.05) is 25.3 Å². The molecule has 1 aliphatic heterocycles. The average molecular weight is 244 g/mol. The third-order valence-corrected chi connectivity index (χ3v) is 3.28. The van der Waals surface area contributed by atoms with Gasteiger partial charge >= 0.3 is 0 Å². The van der Waals surface area contributed by atoms with Gasteiger partial charge in [0.05, 0.1) is 11.7 Å². The van der Waals surface area contributed by atoms with Gasteiger partial charge in [0.15, 0.2) is 5.82 Å². The minimum atomic E-state index is 0.244. The molecular formula is C13H16N4O. The summed E-state index contributed by atoms with van der Waals surface area (Å²) in [6, 6.07) is 6.25. The first-order valence-electron chi connectivity index (χ1n) is 6.27. The molecule has 2 aromatic rings. The fourth-order valence-electron chi connectivity index (χ4n) is 2.44. The maximum atomic E-state index is 5.29. The van der Waals surface area contributed by atoms with Crippen LogP contribution in [0, 0.1) is 6.92 Å². The highest BCUT2D eigenvalue weighted by molar-refractivity contribution is 5.05. The number of likely N-dealkylation sites (tertiary alicyclic amines) is 1. The molecule has 3 heterocycles. The average Bonchev–Trinajstić information content (AvgIpc) is 2.99. The first kappa shape index (κ1) is 11.3. The summed E-state index contributed by atoms with van der Waals surface area (Å²) >= 11 is 0. The Morgan fingerprint density at radius 1 is 1.44 bits per heavy atom. The van der Waals surface area contributed by atoms with E-state index in [2.05, 4.69) is 26.1 Å². The molecule has 0 unspecified atom stereocenters. The lowest BCUT2D eigenvalue weighted by molar-refractivity contribution is 0.199. The Morgan fingerprint density at radius 3 is 3.11 bits per heavy atom. The number of hydrogen-bond acceptors (Lipinski definition) is 5. The van der Waals surface area contributed by atoms with Gasteiger partial charge in [-0.3, -0.25) is 9.88 Å². The quantitative estimate of drug-likeness (QED) is 0.827. The monoisotopic (exact) mass is 244 g/mol. The van der Waals surface area contributed by atoms with Gasteiger partial charge in [-0.2, -0.15) is 4.98 Å². The van der Waals surface area contributed by atoms with Gasteiger partial charge in [-0.05, 0) is 38.4 Å². The lowest BCUT2D eigenvalue weighted by atomic mass is 10.2. The standard InChI is InChI=1S/C13H16N4O/c1-10-15-13(18-16-10)12-6-4-8-17(12)9-11-5-2-3-7-14-11/h2-3,5,7,12H,4,6,8-9H2,1H3/t12-/m0/s1. The summed E-state index contributed by atoms with van der Waals surface area (Å²) in [5.41, 5.74) is 1.08. The highest BCUT2D eigenvalue weighted by Crippen LogP contribution is 2.31. The van der Waals surface area contributed by atoms with Gasteiger partial charge in [-0.1, -0.05) is 11.2 Å². The summed E-state index contributed by atoms with van der Waals surface area (Å²) in [6.07, 6.45) is 4.07. The summed E-state index contributed by atoms with van der Waals surface area (Å²) in [4.78, 5) is 11.1. The molecule has 18 heavy (non-hydrogen) atoms. The topological polar surface area (TPSA) is 55.1 Å². The van der Waals surface area contributed by atoms with Crippen molar-refractivity contribution in [2.24, 2.45) is 0 Å². The molecule has 5 heteroatoms. The van der Waals surface area contributed by atoms with Gasteiger partial charge < -0.3 is 4.52 Å². The van der Waals surface area contributed by atoms with Crippen LogP contribution in [-0.2, 0) is 6.54 Å². The molecule has 1 fully saturated rings. The molecule has 0 aliphatic carbocycles. The second-order valence-electron chi connectivity index (χ2n) is 4.63. The highest BCUT2D eigenvalue weighted by Gasteiger charge is 2.30. The van der Waals surface area contributed by atoms with Crippen LogP contribution in [0.5, 0.6) is 0 Å². The Hall–Kier alpha value is -1.75. The van der Waals surface area contributed by atoms with Crippen LogP contribution in [0.1, 0.15) is 36.3 Å². The van der Waals surface area contributed by atoms with Gasteiger partial charge in [0, 0.05) is 12.7 Å². The molecule has 94 valence electrons. The number of nitrogens with zero attached hydrogens (tertiary/aromatic N) is 4. The molecule has 0 aromatic carbocycles. The fraction of sp³-hybridized carbons (Fsp3) is 0.462. The smallest absolute Gasteiger partial charge is 0.243 e. The molecular weight excluding hydrogens is 228 g/mol. The van der Waals surface area contributed by atoms with Crippen molar-refractivity contribution in [3.8, 4) is 0 Å². The summed E-state index contributed by atoms with van der Waals surface area (Å²) in [7, 11) is 0. The lowest BCUT2D eigenvalue weighted by Crippen LogP contribution is -2.23. The van der Waals surface area contributed by atoms with Crippen molar-refractivity contribution >= 4 is 0 Å². The van der Waals surface area contributed by atoms with E-state index in [1.54, 1.807) is 0 Å². The van der Waals surface area contributed by atoms with E-state index in [-0.39, 0.29) is 6.04 Å². The zero-order chi connectivity index (χ0) is 12.4. The van der Waals surface area contributed by atoms with Crippen LogP contribution < -0.4 is 0 Å². The number of aromatic nitrogens is 3. The van der Waals surface area contributed by atoms with Gasteiger partial charge in [0.1, 0.15) is 0 Å². The minimum absolute atomic E-state index is 0.244. The third kappa shape index (κ3) is 2.26. The first-order chi connectivity index (χ1) is 8.83.